The Labute approximate surface area is 181 Å². The predicted molar refractivity (Wildman–Crippen MR) is 116 cm³/mol. The summed E-state index contributed by atoms with van der Waals surface area (Å²) in [7, 11) is 0. The molecule has 0 spiro atoms. The molecule has 0 aliphatic carbocycles. The molecule has 5 rings (SSSR count). The van der Waals surface area contributed by atoms with Gasteiger partial charge in [-0.3, -0.25) is 4.40 Å². The Kier molecular flexibility index (Phi) is 4.74. The highest BCUT2D eigenvalue weighted by Crippen LogP contribution is 2.35. The van der Waals surface area contributed by atoms with Gasteiger partial charge in [0.15, 0.2) is 11.5 Å². The van der Waals surface area contributed by atoms with E-state index in [1.165, 1.54) is 11.2 Å². The third-order valence-electron chi connectivity index (χ3n) is 5.54. The zero-order chi connectivity index (χ0) is 21.5. The van der Waals surface area contributed by atoms with Crippen LogP contribution >= 0.6 is 11.6 Å². The highest BCUT2D eigenvalue weighted by molar-refractivity contribution is 6.34. The van der Waals surface area contributed by atoms with Crippen molar-refractivity contribution < 1.29 is 9.90 Å². The summed E-state index contributed by atoms with van der Waals surface area (Å²) in [6.45, 7) is 4.01. The summed E-state index contributed by atoms with van der Waals surface area (Å²) in [6, 6.07) is 1.75. The molecule has 4 aromatic rings. The van der Waals surface area contributed by atoms with Crippen LogP contribution in [0.5, 0.6) is 0 Å². The quantitative estimate of drug-likeness (QED) is 0.441. The molecule has 1 fully saturated rings. The van der Waals surface area contributed by atoms with E-state index in [1.54, 1.807) is 18.9 Å². The Balaban J connectivity index is 1.54. The van der Waals surface area contributed by atoms with Gasteiger partial charge in [0, 0.05) is 31.7 Å². The van der Waals surface area contributed by atoms with E-state index in [0.29, 0.717) is 48.2 Å². The highest BCUT2D eigenvalue weighted by atomic mass is 35.5. The number of nitrogens with one attached hydrogen (secondary N) is 2. The van der Waals surface area contributed by atoms with Gasteiger partial charge >= 0.3 is 6.09 Å². The number of rotatable bonds is 4. The largest absolute Gasteiger partial charge is 0.465 e. The number of anilines is 2. The predicted octanol–water partition coefficient (Wildman–Crippen LogP) is 2.63. The standard InChI is InChI=1S/C19H20ClN9O2/c1-11(26-17-15-16(23-8-22-15)24-9-25-17)12-6-13(20)14-7-21-10-29(14)18(12)27-2-4-28(5-3-27)19(30)31/h6-11H,2-5H2,1H3,(H,30,31)(H2,22,23,24,25,26). The topological polar surface area (TPSA) is 128 Å². The number of fused-ring (bicyclic) bond motifs is 2. The molecule has 1 amide bonds. The normalized spacial score (nSPS) is 15.5. The number of aromatic nitrogens is 6. The molecule has 12 heteroatoms. The van der Waals surface area contributed by atoms with E-state index in [0.717, 1.165) is 16.9 Å². The number of hydrogen-bond acceptors (Lipinski definition) is 7. The summed E-state index contributed by atoms with van der Waals surface area (Å²) in [5, 5.41) is 13.3. The second-order valence-corrected chi connectivity index (χ2v) is 7.77. The first-order chi connectivity index (χ1) is 15.0. The van der Waals surface area contributed by atoms with Crippen molar-refractivity contribution >= 4 is 46.0 Å². The van der Waals surface area contributed by atoms with Gasteiger partial charge < -0.3 is 25.2 Å². The SMILES string of the molecule is CC(Nc1ncnc2[nH]cnc12)c1cc(Cl)c2cncn2c1N1CCN(C(=O)O)CC1. The van der Waals surface area contributed by atoms with Crippen LogP contribution < -0.4 is 10.2 Å². The molecule has 11 nitrogen and oxygen atoms in total. The van der Waals surface area contributed by atoms with Crippen LogP contribution in [0.1, 0.15) is 18.5 Å². The minimum atomic E-state index is -0.898. The van der Waals surface area contributed by atoms with Gasteiger partial charge in [-0.25, -0.2) is 24.7 Å². The van der Waals surface area contributed by atoms with Crippen LogP contribution in [0.25, 0.3) is 16.7 Å². The van der Waals surface area contributed by atoms with Crippen molar-refractivity contribution in [3.05, 3.63) is 41.8 Å². The number of imidazole rings is 2. The van der Waals surface area contributed by atoms with E-state index < -0.39 is 6.09 Å². The van der Waals surface area contributed by atoms with Crippen LogP contribution in [-0.4, -0.2) is 71.6 Å². The van der Waals surface area contributed by atoms with Crippen LogP contribution in [0.15, 0.2) is 31.2 Å². The lowest BCUT2D eigenvalue weighted by Gasteiger charge is -2.36. The molecule has 0 saturated carbocycles. The minimum Gasteiger partial charge on any atom is -0.465 e. The summed E-state index contributed by atoms with van der Waals surface area (Å²) >= 11 is 6.57. The molecule has 0 radical (unpaired) electrons. The molecular weight excluding hydrogens is 422 g/mol. The molecule has 4 aromatic heterocycles. The van der Waals surface area contributed by atoms with Crippen molar-refractivity contribution in [1.29, 1.82) is 0 Å². The van der Waals surface area contributed by atoms with Crippen LogP contribution in [0.4, 0.5) is 16.4 Å². The molecule has 3 N–H and O–H groups in total. The first kappa shape index (κ1) is 19.4. The molecular formula is C19H20ClN9O2. The fourth-order valence-corrected chi connectivity index (χ4v) is 4.23. The second-order valence-electron chi connectivity index (χ2n) is 7.36. The van der Waals surface area contributed by atoms with E-state index in [2.05, 4.69) is 35.1 Å². The summed E-state index contributed by atoms with van der Waals surface area (Å²) in [4.78, 5) is 35.0. The van der Waals surface area contributed by atoms with Crippen molar-refractivity contribution in [2.75, 3.05) is 36.4 Å². The Morgan fingerprint density at radius 2 is 2.06 bits per heavy atom. The number of hydrogen-bond donors (Lipinski definition) is 3. The third kappa shape index (κ3) is 3.36. The van der Waals surface area contributed by atoms with Gasteiger partial charge in [-0.1, -0.05) is 11.6 Å². The number of piperazine rings is 1. The van der Waals surface area contributed by atoms with Crippen LogP contribution in [0, 0.1) is 0 Å². The maximum atomic E-state index is 11.3. The van der Waals surface area contributed by atoms with Gasteiger partial charge in [0.1, 0.15) is 24.0 Å². The summed E-state index contributed by atoms with van der Waals surface area (Å²) < 4.78 is 1.95. The number of H-pyrrole nitrogens is 1. The monoisotopic (exact) mass is 441 g/mol. The van der Waals surface area contributed by atoms with E-state index in [9.17, 15) is 9.90 Å². The first-order valence-corrected chi connectivity index (χ1v) is 10.2. The van der Waals surface area contributed by atoms with Crippen LogP contribution in [0.3, 0.4) is 0 Å². The van der Waals surface area contributed by atoms with E-state index in [-0.39, 0.29) is 6.04 Å². The second kappa shape index (κ2) is 7.58. The van der Waals surface area contributed by atoms with Crippen LogP contribution in [-0.2, 0) is 0 Å². The number of carbonyl (C=O) groups is 1. The lowest BCUT2D eigenvalue weighted by atomic mass is 10.1. The zero-order valence-electron chi connectivity index (χ0n) is 16.7. The molecule has 1 aliphatic heterocycles. The van der Waals surface area contributed by atoms with Gasteiger partial charge in [0.05, 0.1) is 29.1 Å². The molecule has 1 aliphatic rings. The average molecular weight is 442 g/mol. The zero-order valence-corrected chi connectivity index (χ0v) is 17.4. The van der Waals surface area contributed by atoms with Gasteiger partial charge in [0.25, 0.3) is 0 Å². The first-order valence-electron chi connectivity index (χ1n) is 9.81. The van der Waals surface area contributed by atoms with Crippen molar-refractivity contribution in [3.8, 4) is 0 Å². The van der Waals surface area contributed by atoms with Gasteiger partial charge in [-0.05, 0) is 13.0 Å². The third-order valence-corrected chi connectivity index (χ3v) is 5.84. The lowest BCUT2D eigenvalue weighted by Crippen LogP contribution is -2.49. The molecule has 0 aromatic carbocycles. The van der Waals surface area contributed by atoms with Crippen LogP contribution in [0.2, 0.25) is 5.02 Å². The highest BCUT2D eigenvalue weighted by Gasteiger charge is 2.26. The summed E-state index contributed by atoms with van der Waals surface area (Å²) in [5.41, 5.74) is 3.05. The fourth-order valence-electron chi connectivity index (χ4n) is 3.97. The smallest absolute Gasteiger partial charge is 0.407 e. The Hall–Kier alpha value is -3.60. The minimum absolute atomic E-state index is 0.174. The number of aromatic amines is 1. The van der Waals surface area contributed by atoms with Gasteiger partial charge in [0.2, 0.25) is 0 Å². The summed E-state index contributed by atoms with van der Waals surface area (Å²) in [6.07, 6.45) is 5.61. The van der Waals surface area contributed by atoms with Crippen molar-refractivity contribution in [2.24, 2.45) is 0 Å². The Morgan fingerprint density at radius 3 is 2.84 bits per heavy atom. The van der Waals surface area contributed by atoms with E-state index >= 15 is 0 Å². The maximum Gasteiger partial charge on any atom is 0.407 e. The Bertz CT molecular complexity index is 1260. The molecule has 1 unspecified atom stereocenters. The maximum absolute atomic E-state index is 11.3. The van der Waals surface area contributed by atoms with Crippen molar-refractivity contribution in [1.82, 2.24) is 34.2 Å². The molecule has 160 valence electrons. The number of carboxylic acid groups (broad SMARTS) is 1. The molecule has 0 bridgehead atoms. The number of nitrogens with zero attached hydrogens (tertiary/aromatic N) is 7. The molecule has 5 heterocycles. The fraction of sp³-hybridized carbons (Fsp3) is 0.316. The van der Waals surface area contributed by atoms with Gasteiger partial charge in [-0.15, -0.1) is 0 Å². The number of amides is 1. The van der Waals surface area contributed by atoms with E-state index in [4.69, 9.17) is 11.6 Å². The molecule has 31 heavy (non-hydrogen) atoms. The summed E-state index contributed by atoms with van der Waals surface area (Å²) in [5.74, 6) is 1.54. The molecule has 1 atom stereocenters. The number of pyridine rings is 1. The van der Waals surface area contributed by atoms with E-state index in [1.807, 2.05) is 17.4 Å². The van der Waals surface area contributed by atoms with Gasteiger partial charge in [-0.2, -0.15) is 0 Å². The Morgan fingerprint density at radius 1 is 1.26 bits per heavy atom. The number of halogens is 1. The molecule has 1 saturated heterocycles. The lowest BCUT2D eigenvalue weighted by molar-refractivity contribution is 0.142. The average Bonchev–Trinajstić information content (AvgIpc) is 3.44. The van der Waals surface area contributed by atoms with Crippen molar-refractivity contribution in [3.63, 3.8) is 0 Å². The van der Waals surface area contributed by atoms with Crippen molar-refractivity contribution in [2.45, 2.75) is 13.0 Å².